The first-order valence-corrected chi connectivity index (χ1v) is 11.8. The van der Waals surface area contributed by atoms with E-state index >= 15 is 0 Å². The molecule has 1 aliphatic rings. The van der Waals surface area contributed by atoms with E-state index < -0.39 is 0 Å². The van der Waals surface area contributed by atoms with Crippen LogP contribution < -0.4 is 10.5 Å². The average Bonchev–Trinajstić information content (AvgIpc) is 3.26. The summed E-state index contributed by atoms with van der Waals surface area (Å²) >= 11 is 5.79. The number of hydrogen-bond acceptors (Lipinski definition) is 6. The predicted octanol–water partition coefficient (Wildman–Crippen LogP) is 4.66. The van der Waals surface area contributed by atoms with Crippen LogP contribution in [0.1, 0.15) is 25.3 Å². The van der Waals surface area contributed by atoms with Gasteiger partial charge >= 0.3 is 0 Å². The van der Waals surface area contributed by atoms with Gasteiger partial charge in [-0.2, -0.15) is 5.10 Å². The molecule has 34 heavy (non-hydrogen) atoms. The van der Waals surface area contributed by atoms with E-state index in [-0.39, 0.29) is 11.9 Å². The van der Waals surface area contributed by atoms with Gasteiger partial charge in [0.05, 0.1) is 11.4 Å². The van der Waals surface area contributed by atoms with Crippen LogP contribution in [0.5, 0.6) is 11.5 Å². The monoisotopic (exact) mass is 476 g/mol. The number of rotatable bonds is 6. The van der Waals surface area contributed by atoms with Crippen LogP contribution in [0, 0.1) is 0 Å². The maximum absolute atomic E-state index is 12.4. The Balaban J connectivity index is 1.47. The zero-order valence-electron chi connectivity index (χ0n) is 18.6. The van der Waals surface area contributed by atoms with E-state index in [0.717, 1.165) is 36.4 Å². The second-order valence-corrected chi connectivity index (χ2v) is 8.64. The average molecular weight is 477 g/mol. The number of likely N-dealkylation sites (tertiary alicyclic amines) is 1. The molecule has 4 aromatic rings. The zero-order valence-corrected chi connectivity index (χ0v) is 19.4. The topological polar surface area (TPSA) is 99.2 Å². The van der Waals surface area contributed by atoms with E-state index in [1.807, 2.05) is 64.2 Å². The van der Waals surface area contributed by atoms with Gasteiger partial charge in [0.25, 0.3) is 0 Å². The fourth-order valence-electron chi connectivity index (χ4n) is 4.38. The number of halogens is 1. The van der Waals surface area contributed by atoms with E-state index in [1.165, 1.54) is 6.33 Å². The minimum Gasteiger partial charge on any atom is -0.457 e. The third-order valence-corrected chi connectivity index (χ3v) is 6.22. The lowest BCUT2D eigenvalue weighted by Gasteiger charge is -2.33. The molecular formula is C25H25ClN6O2. The van der Waals surface area contributed by atoms with Crippen LogP contribution in [0.3, 0.4) is 0 Å². The van der Waals surface area contributed by atoms with Gasteiger partial charge < -0.3 is 15.4 Å². The first-order chi connectivity index (χ1) is 16.6. The van der Waals surface area contributed by atoms with Crippen molar-refractivity contribution in [1.82, 2.24) is 24.6 Å². The van der Waals surface area contributed by atoms with Crippen molar-refractivity contribution in [3.63, 3.8) is 0 Å². The smallest absolute Gasteiger partial charge is 0.223 e. The van der Waals surface area contributed by atoms with Crippen LogP contribution in [-0.4, -0.2) is 49.5 Å². The molecule has 1 fully saturated rings. The highest BCUT2D eigenvalue weighted by Gasteiger charge is 2.28. The van der Waals surface area contributed by atoms with Gasteiger partial charge in [-0.3, -0.25) is 4.79 Å². The first-order valence-electron chi connectivity index (χ1n) is 11.3. The minimum absolute atomic E-state index is 0.000683. The van der Waals surface area contributed by atoms with Crippen LogP contribution in [0.2, 0.25) is 0 Å². The van der Waals surface area contributed by atoms with E-state index in [2.05, 4.69) is 9.97 Å². The van der Waals surface area contributed by atoms with Crippen LogP contribution in [0.4, 0.5) is 5.82 Å². The number of fused-ring (bicyclic) bond motifs is 1. The number of anilines is 1. The molecule has 9 heteroatoms. The molecule has 2 aromatic carbocycles. The summed E-state index contributed by atoms with van der Waals surface area (Å²) in [7, 11) is 0. The third kappa shape index (κ3) is 4.41. The van der Waals surface area contributed by atoms with Crippen molar-refractivity contribution >= 4 is 34.4 Å². The molecule has 0 saturated carbocycles. The summed E-state index contributed by atoms with van der Waals surface area (Å²) in [6, 6.07) is 17.3. The lowest BCUT2D eigenvalue weighted by Crippen LogP contribution is -2.41. The molecule has 1 atom stereocenters. The SMILES string of the molecule is Nc1ncnc2c1c(-c1ccc(Oc3ccccc3)cc1)nn2[C@H]1CCCN(C(=O)CCCl)C1. The Morgan fingerprint density at radius 2 is 1.85 bits per heavy atom. The molecule has 8 nitrogen and oxygen atoms in total. The zero-order chi connectivity index (χ0) is 23.5. The van der Waals surface area contributed by atoms with Crippen molar-refractivity contribution in [3.8, 4) is 22.8 Å². The van der Waals surface area contributed by atoms with Crippen molar-refractivity contribution in [2.75, 3.05) is 24.7 Å². The molecule has 2 N–H and O–H groups in total. The molecule has 5 rings (SSSR count). The summed E-state index contributed by atoms with van der Waals surface area (Å²) in [5, 5.41) is 5.64. The Hall–Kier alpha value is -3.65. The molecule has 0 spiro atoms. The maximum Gasteiger partial charge on any atom is 0.223 e. The number of amides is 1. The van der Waals surface area contributed by atoms with Gasteiger partial charge in [-0.15, -0.1) is 11.6 Å². The third-order valence-electron chi connectivity index (χ3n) is 6.03. The number of nitrogen functional groups attached to an aromatic ring is 1. The number of nitrogens with two attached hydrogens (primary N) is 1. The predicted molar refractivity (Wildman–Crippen MR) is 132 cm³/mol. The second-order valence-electron chi connectivity index (χ2n) is 8.26. The molecule has 1 saturated heterocycles. The largest absolute Gasteiger partial charge is 0.457 e. The number of para-hydroxylation sites is 1. The van der Waals surface area contributed by atoms with Crippen molar-refractivity contribution in [3.05, 3.63) is 60.9 Å². The number of aromatic nitrogens is 4. The molecule has 0 bridgehead atoms. The summed E-state index contributed by atoms with van der Waals surface area (Å²) in [6.45, 7) is 1.30. The van der Waals surface area contributed by atoms with E-state index in [4.69, 9.17) is 27.2 Å². The first kappa shape index (κ1) is 22.2. The number of ether oxygens (including phenoxy) is 1. The fraction of sp³-hybridized carbons (Fsp3) is 0.280. The Morgan fingerprint density at radius 1 is 1.09 bits per heavy atom. The molecule has 174 valence electrons. The summed E-state index contributed by atoms with van der Waals surface area (Å²) < 4.78 is 7.81. The molecular weight excluding hydrogens is 452 g/mol. The standard InChI is InChI=1S/C25H25ClN6O2/c26-13-12-21(33)31-14-4-5-18(15-31)32-25-22(24(27)28-16-29-25)23(30-32)17-8-10-20(11-9-17)34-19-6-2-1-3-7-19/h1-3,6-11,16,18H,4-5,12-15H2,(H2,27,28,29)/t18-/m0/s1. The summed E-state index contributed by atoms with van der Waals surface area (Å²) in [5.74, 6) is 2.26. The van der Waals surface area contributed by atoms with Gasteiger partial charge in [0, 0.05) is 31.0 Å². The molecule has 0 unspecified atom stereocenters. The van der Waals surface area contributed by atoms with Gasteiger partial charge in [0.2, 0.25) is 5.91 Å². The highest BCUT2D eigenvalue weighted by molar-refractivity contribution is 6.18. The molecule has 3 heterocycles. The highest BCUT2D eigenvalue weighted by atomic mass is 35.5. The lowest BCUT2D eigenvalue weighted by atomic mass is 10.1. The van der Waals surface area contributed by atoms with Gasteiger partial charge in [-0.1, -0.05) is 18.2 Å². The Labute approximate surface area is 202 Å². The lowest BCUT2D eigenvalue weighted by molar-refractivity contribution is -0.132. The number of hydrogen-bond donors (Lipinski definition) is 1. The summed E-state index contributed by atoms with van der Waals surface area (Å²) in [5.41, 5.74) is 8.54. The molecule has 0 aliphatic carbocycles. The van der Waals surface area contributed by atoms with Crippen molar-refractivity contribution in [1.29, 1.82) is 0 Å². The van der Waals surface area contributed by atoms with Crippen LogP contribution in [0.15, 0.2) is 60.9 Å². The van der Waals surface area contributed by atoms with E-state index in [1.54, 1.807) is 0 Å². The molecule has 0 radical (unpaired) electrons. The second kappa shape index (κ2) is 9.69. The maximum atomic E-state index is 12.4. The molecule has 1 aliphatic heterocycles. The van der Waals surface area contributed by atoms with Crippen molar-refractivity contribution < 1.29 is 9.53 Å². The Bertz CT molecular complexity index is 1290. The van der Waals surface area contributed by atoms with Crippen LogP contribution in [0.25, 0.3) is 22.3 Å². The molecule has 2 aromatic heterocycles. The number of benzene rings is 2. The van der Waals surface area contributed by atoms with Gasteiger partial charge in [-0.05, 0) is 49.2 Å². The molecule has 1 amide bonds. The fourth-order valence-corrected chi connectivity index (χ4v) is 4.54. The van der Waals surface area contributed by atoms with Crippen LogP contribution >= 0.6 is 11.6 Å². The van der Waals surface area contributed by atoms with E-state index in [9.17, 15) is 4.79 Å². The van der Waals surface area contributed by atoms with Crippen molar-refractivity contribution in [2.45, 2.75) is 25.3 Å². The van der Waals surface area contributed by atoms with Gasteiger partial charge in [0.15, 0.2) is 5.65 Å². The Kier molecular flexibility index (Phi) is 6.31. The van der Waals surface area contributed by atoms with Gasteiger partial charge in [-0.25, -0.2) is 14.6 Å². The highest BCUT2D eigenvalue weighted by Crippen LogP contribution is 2.34. The number of nitrogens with zero attached hydrogens (tertiary/aromatic N) is 5. The number of carbonyl (C=O) groups excluding carboxylic acids is 1. The summed E-state index contributed by atoms with van der Waals surface area (Å²) in [6.07, 6.45) is 3.58. The summed E-state index contributed by atoms with van der Waals surface area (Å²) in [4.78, 5) is 23.0. The number of piperidine rings is 1. The normalized spacial score (nSPS) is 16.0. The van der Waals surface area contributed by atoms with Crippen LogP contribution in [-0.2, 0) is 4.79 Å². The number of alkyl halides is 1. The minimum atomic E-state index is -0.000683. The number of carbonyl (C=O) groups is 1. The quantitative estimate of drug-likeness (QED) is 0.406. The van der Waals surface area contributed by atoms with E-state index in [0.29, 0.717) is 41.4 Å². The van der Waals surface area contributed by atoms with Gasteiger partial charge in [0.1, 0.15) is 29.3 Å². The van der Waals surface area contributed by atoms with Crippen molar-refractivity contribution in [2.24, 2.45) is 0 Å². The Morgan fingerprint density at radius 3 is 2.62 bits per heavy atom.